The lowest BCUT2D eigenvalue weighted by molar-refractivity contribution is 0.585. The minimum Gasteiger partial charge on any atom is -0.357 e. The van der Waals surface area contributed by atoms with Crippen molar-refractivity contribution < 1.29 is 8.78 Å². The van der Waals surface area contributed by atoms with Gasteiger partial charge < -0.3 is 10.6 Å². The first-order valence-electron chi connectivity index (χ1n) is 6.62. The summed E-state index contributed by atoms with van der Waals surface area (Å²) in [6, 6.07) is 3.41. The fourth-order valence-corrected chi connectivity index (χ4v) is 2.03. The standard InChI is InChI=1S/C14H21F2N3S/c1-3-17-14(18-7-4-8-20-2)19-10-11-9-12(15)5-6-13(11)16/h5-6,9H,3-4,7-8,10H2,1-2H3,(H2,17,18,19). The Hall–Kier alpha value is -1.30. The van der Waals surface area contributed by atoms with Crippen LogP contribution < -0.4 is 10.6 Å². The Labute approximate surface area is 123 Å². The number of rotatable bonds is 7. The van der Waals surface area contributed by atoms with Crippen LogP contribution in [0, 0.1) is 11.6 Å². The molecule has 0 aliphatic rings. The van der Waals surface area contributed by atoms with Gasteiger partial charge in [0.25, 0.3) is 0 Å². The van der Waals surface area contributed by atoms with E-state index in [4.69, 9.17) is 0 Å². The van der Waals surface area contributed by atoms with Crippen LogP contribution in [0.2, 0.25) is 0 Å². The number of halogens is 2. The molecule has 0 radical (unpaired) electrons. The number of guanidine groups is 1. The highest BCUT2D eigenvalue weighted by Crippen LogP contribution is 2.10. The minimum absolute atomic E-state index is 0.113. The molecule has 0 unspecified atom stereocenters. The zero-order valence-electron chi connectivity index (χ0n) is 11.9. The molecule has 6 heteroatoms. The number of aliphatic imine (C=N–C) groups is 1. The lowest BCUT2D eigenvalue weighted by Gasteiger charge is -2.11. The van der Waals surface area contributed by atoms with E-state index < -0.39 is 11.6 Å². The molecular weight excluding hydrogens is 280 g/mol. The van der Waals surface area contributed by atoms with E-state index >= 15 is 0 Å². The van der Waals surface area contributed by atoms with E-state index in [1.807, 2.05) is 6.92 Å². The second-order valence-electron chi connectivity index (χ2n) is 4.20. The average Bonchev–Trinajstić information content (AvgIpc) is 2.44. The maximum absolute atomic E-state index is 13.5. The fraction of sp³-hybridized carbons (Fsp3) is 0.500. The van der Waals surface area contributed by atoms with Crippen LogP contribution in [0.25, 0.3) is 0 Å². The lowest BCUT2D eigenvalue weighted by atomic mass is 10.2. The molecule has 1 aromatic rings. The first kappa shape index (κ1) is 16.8. The summed E-state index contributed by atoms with van der Waals surface area (Å²) in [5, 5.41) is 6.25. The Balaban J connectivity index is 2.59. The molecule has 0 bridgehead atoms. The highest BCUT2D eigenvalue weighted by molar-refractivity contribution is 7.98. The van der Waals surface area contributed by atoms with E-state index in [9.17, 15) is 8.78 Å². The highest BCUT2D eigenvalue weighted by atomic mass is 32.2. The second-order valence-corrected chi connectivity index (χ2v) is 5.19. The molecule has 0 spiro atoms. The van der Waals surface area contributed by atoms with Crippen LogP contribution in [0.3, 0.4) is 0 Å². The van der Waals surface area contributed by atoms with Gasteiger partial charge >= 0.3 is 0 Å². The molecular formula is C14H21F2N3S. The van der Waals surface area contributed by atoms with Crippen LogP contribution in [0.4, 0.5) is 8.78 Å². The van der Waals surface area contributed by atoms with E-state index in [2.05, 4.69) is 21.9 Å². The Morgan fingerprint density at radius 2 is 2.10 bits per heavy atom. The van der Waals surface area contributed by atoms with Gasteiger partial charge in [0.05, 0.1) is 6.54 Å². The monoisotopic (exact) mass is 301 g/mol. The highest BCUT2D eigenvalue weighted by Gasteiger charge is 2.04. The van der Waals surface area contributed by atoms with Gasteiger partial charge in [-0.15, -0.1) is 0 Å². The summed E-state index contributed by atoms with van der Waals surface area (Å²) in [7, 11) is 0. The molecule has 2 N–H and O–H groups in total. The molecule has 1 rings (SSSR count). The Kier molecular flexibility index (Phi) is 8.02. The Morgan fingerprint density at radius 3 is 2.80 bits per heavy atom. The summed E-state index contributed by atoms with van der Waals surface area (Å²) in [6.45, 7) is 3.60. The third-order valence-electron chi connectivity index (χ3n) is 2.58. The van der Waals surface area contributed by atoms with Crippen LogP contribution in [0.15, 0.2) is 23.2 Å². The van der Waals surface area contributed by atoms with Crippen molar-refractivity contribution in [3.63, 3.8) is 0 Å². The van der Waals surface area contributed by atoms with Gasteiger partial charge in [-0.05, 0) is 43.6 Å². The Bertz CT molecular complexity index is 438. The van der Waals surface area contributed by atoms with Crippen LogP contribution in [-0.4, -0.2) is 31.1 Å². The topological polar surface area (TPSA) is 36.4 Å². The quantitative estimate of drug-likeness (QED) is 0.462. The molecule has 0 heterocycles. The zero-order valence-corrected chi connectivity index (χ0v) is 12.7. The second kappa shape index (κ2) is 9.58. The lowest BCUT2D eigenvalue weighted by Crippen LogP contribution is -2.37. The van der Waals surface area contributed by atoms with Gasteiger partial charge in [0, 0.05) is 18.7 Å². The average molecular weight is 301 g/mol. The number of thioether (sulfide) groups is 1. The van der Waals surface area contributed by atoms with Gasteiger partial charge in [0.2, 0.25) is 0 Å². The van der Waals surface area contributed by atoms with Crippen molar-refractivity contribution in [3.05, 3.63) is 35.4 Å². The van der Waals surface area contributed by atoms with E-state index in [1.165, 1.54) is 6.07 Å². The maximum atomic E-state index is 13.5. The first-order chi connectivity index (χ1) is 9.67. The van der Waals surface area contributed by atoms with Crippen LogP contribution in [0.1, 0.15) is 18.9 Å². The number of hydrogen-bond donors (Lipinski definition) is 2. The van der Waals surface area contributed by atoms with E-state index in [-0.39, 0.29) is 12.1 Å². The van der Waals surface area contributed by atoms with E-state index in [0.717, 1.165) is 37.4 Å². The van der Waals surface area contributed by atoms with Gasteiger partial charge in [-0.2, -0.15) is 11.8 Å². The molecule has 3 nitrogen and oxygen atoms in total. The predicted octanol–water partition coefficient (Wildman–Crippen LogP) is 2.77. The van der Waals surface area contributed by atoms with Gasteiger partial charge in [-0.1, -0.05) is 0 Å². The van der Waals surface area contributed by atoms with Gasteiger partial charge in [-0.3, -0.25) is 0 Å². The Morgan fingerprint density at radius 1 is 1.30 bits per heavy atom. The summed E-state index contributed by atoms with van der Waals surface area (Å²) in [5.41, 5.74) is 0.256. The van der Waals surface area contributed by atoms with Crippen molar-refractivity contribution in [2.45, 2.75) is 19.9 Å². The molecule has 1 aromatic carbocycles. The number of nitrogens with zero attached hydrogens (tertiary/aromatic N) is 1. The summed E-state index contributed by atoms with van der Waals surface area (Å²) >= 11 is 1.79. The molecule has 20 heavy (non-hydrogen) atoms. The molecule has 0 fully saturated rings. The molecule has 0 atom stereocenters. The minimum atomic E-state index is -0.450. The van der Waals surface area contributed by atoms with Crippen molar-refractivity contribution in [2.75, 3.05) is 25.1 Å². The van der Waals surface area contributed by atoms with Gasteiger partial charge in [0.15, 0.2) is 5.96 Å². The smallest absolute Gasteiger partial charge is 0.191 e. The van der Waals surface area contributed by atoms with Crippen molar-refractivity contribution >= 4 is 17.7 Å². The molecule has 0 saturated heterocycles. The third-order valence-corrected chi connectivity index (χ3v) is 3.27. The SMILES string of the molecule is CCNC(=NCc1cc(F)ccc1F)NCCCSC. The van der Waals surface area contributed by atoms with E-state index in [1.54, 1.807) is 11.8 Å². The molecule has 0 aliphatic heterocycles. The van der Waals surface area contributed by atoms with Crippen LogP contribution >= 0.6 is 11.8 Å². The fourth-order valence-electron chi connectivity index (χ4n) is 1.59. The molecule has 112 valence electrons. The molecule has 0 saturated carbocycles. The van der Waals surface area contributed by atoms with Crippen LogP contribution in [0.5, 0.6) is 0 Å². The molecule has 0 aliphatic carbocycles. The number of nitrogens with one attached hydrogen (secondary N) is 2. The summed E-state index contributed by atoms with van der Waals surface area (Å²) in [5.74, 6) is 0.811. The maximum Gasteiger partial charge on any atom is 0.191 e. The molecule has 0 aromatic heterocycles. The number of hydrogen-bond acceptors (Lipinski definition) is 2. The summed E-state index contributed by atoms with van der Waals surface area (Å²) in [6.07, 6.45) is 3.09. The predicted molar refractivity (Wildman–Crippen MR) is 82.2 cm³/mol. The third kappa shape index (κ3) is 6.23. The largest absolute Gasteiger partial charge is 0.357 e. The van der Waals surface area contributed by atoms with Crippen molar-refractivity contribution in [1.29, 1.82) is 0 Å². The number of benzene rings is 1. The zero-order chi connectivity index (χ0) is 14.8. The molecule has 0 amide bonds. The van der Waals surface area contributed by atoms with Gasteiger partial charge in [-0.25, -0.2) is 13.8 Å². The summed E-state index contributed by atoms with van der Waals surface area (Å²) in [4.78, 5) is 4.26. The van der Waals surface area contributed by atoms with Crippen molar-refractivity contribution in [3.8, 4) is 0 Å². The van der Waals surface area contributed by atoms with Crippen molar-refractivity contribution in [1.82, 2.24) is 10.6 Å². The van der Waals surface area contributed by atoms with Crippen LogP contribution in [-0.2, 0) is 6.54 Å². The van der Waals surface area contributed by atoms with Crippen molar-refractivity contribution in [2.24, 2.45) is 4.99 Å². The summed E-state index contributed by atoms with van der Waals surface area (Å²) < 4.78 is 26.5. The van der Waals surface area contributed by atoms with E-state index in [0.29, 0.717) is 5.96 Å². The normalized spacial score (nSPS) is 11.5. The first-order valence-corrected chi connectivity index (χ1v) is 8.01. The van der Waals surface area contributed by atoms with Gasteiger partial charge in [0.1, 0.15) is 11.6 Å².